The van der Waals surface area contributed by atoms with Crippen LogP contribution in [0, 0.1) is 0 Å². The zero-order valence-corrected chi connectivity index (χ0v) is 21.7. The molecule has 0 aliphatic carbocycles. The predicted molar refractivity (Wildman–Crippen MR) is 142 cm³/mol. The molecule has 1 saturated heterocycles. The molecule has 12 heteroatoms. The number of benzene rings is 3. The molecule has 4 rings (SSSR count). The fourth-order valence-corrected chi connectivity index (χ4v) is 4.43. The number of hydrogen-bond acceptors (Lipinski definition) is 6. The number of rotatable bonds is 9. The van der Waals surface area contributed by atoms with Crippen molar-refractivity contribution in [3.05, 3.63) is 78.4 Å². The highest BCUT2D eigenvalue weighted by Gasteiger charge is 2.44. The topological polar surface area (TPSA) is 80.3 Å². The molecule has 0 radical (unpaired) electrons. The molecule has 0 bridgehead atoms. The molecule has 0 spiro atoms. The Bertz CT molecular complexity index is 1330. The molecule has 1 atom stereocenters. The van der Waals surface area contributed by atoms with Crippen molar-refractivity contribution < 1.29 is 37.0 Å². The number of nitrogens with one attached hydrogen (secondary N) is 1. The van der Waals surface area contributed by atoms with E-state index in [1.165, 1.54) is 43.4 Å². The lowest BCUT2D eigenvalue weighted by Crippen LogP contribution is -2.37. The smallest absolute Gasteiger partial charge is 0.497 e. The molecule has 1 fully saturated rings. The van der Waals surface area contributed by atoms with E-state index in [9.17, 15) is 22.8 Å². The Morgan fingerprint density at radius 3 is 1.97 bits per heavy atom. The number of ether oxygens (including phenoxy) is 3. The number of alkyl halides is 3. The molecule has 204 valence electrons. The van der Waals surface area contributed by atoms with Gasteiger partial charge in [-0.05, 0) is 78.4 Å². The average Bonchev–Trinajstić information content (AvgIpc) is 3.13. The zero-order chi connectivity index (χ0) is 28.2. The molecule has 1 aliphatic heterocycles. The van der Waals surface area contributed by atoms with Gasteiger partial charge in [-0.15, -0.1) is 13.2 Å². The molecular formula is C27H24F3N3O5S. The maximum Gasteiger partial charge on any atom is 0.573 e. The van der Waals surface area contributed by atoms with Crippen molar-refractivity contribution in [2.24, 2.45) is 0 Å². The number of carbonyl (C=O) groups is 2. The first kappa shape index (κ1) is 27.7. The third-order valence-electron chi connectivity index (χ3n) is 5.91. The van der Waals surface area contributed by atoms with Gasteiger partial charge in [-0.1, -0.05) is 12.1 Å². The number of hydrogen-bond donors (Lipinski definition) is 1. The number of methoxy groups -OCH3 is 2. The van der Waals surface area contributed by atoms with Crippen LogP contribution < -0.4 is 24.4 Å². The van der Waals surface area contributed by atoms with Crippen molar-refractivity contribution in [1.29, 1.82) is 0 Å². The van der Waals surface area contributed by atoms with Crippen LogP contribution in [0.3, 0.4) is 0 Å². The van der Waals surface area contributed by atoms with Crippen LogP contribution in [-0.2, 0) is 16.1 Å². The summed E-state index contributed by atoms with van der Waals surface area (Å²) in [4.78, 5) is 29.4. The van der Waals surface area contributed by atoms with E-state index in [4.69, 9.17) is 21.7 Å². The van der Waals surface area contributed by atoms with E-state index in [0.717, 1.165) is 0 Å². The fourth-order valence-electron chi connectivity index (χ4n) is 4.04. The van der Waals surface area contributed by atoms with Crippen molar-refractivity contribution in [3.8, 4) is 17.2 Å². The van der Waals surface area contributed by atoms with Gasteiger partial charge in [0.2, 0.25) is 5.91 Å². The fraction of sp³-hybridized carbons (Fsp3) is 0.222. The van der Waals surface area contributed by atoms with Gasteiger partial charge in [0.1, 0.15) is 23.3 Å². The lowest BCUT2D eigenvalue weighted by Gasteiger charge is -2.24. The van der Waals surface area contributed by atoms with Gasteiger partial charge >= 0.3 is 6.36 Å². The van der Waals surface area contributed by atoms with E-state index in [1.807, 2.05) is 0 Å². The highest BCUT2D eigenvalue weighted by Crippen LogP contribution is 2.31. The number of halogens is 3. The molecule has 1 aliphatic rings. The van der Waals surface area contributed by atoms with Crippen LogP contribution in [0.5, 0.6) is 17.2 Å². The summed E-state index contributed by atoms with van der Waals surface area (Å²) in [6.07, 6.45) is -5.03. The highest BCUT2D eigenvalue weighted by atomic mass is 32.1. The van der Waals surface area contributed by atoms with Crippen molar-refractivity contribution in [2.75, 3.05) is 24.4 Å². The normalized spacial score (nSPS) is 15.4. The van der Waals surface area contributed by atoms with Crippen molar-refractivity contribution in [1.82, 2.24) is 4.90 Å². The number of thiocarbonyl (C=S) groups is 1. The van der Waals surface area contributed by atoms with Crippen molar-refractivity contribution in [3.63, 3.8) is 0 Å². The second-order valence-electron chi connectivity index (χ2n) is 8.47. The number of nitrogens with zero attached hydrogens (tertiary/aromatic N) is 2. The Balaban J connectivity index is 1.57. The highest BCUT2D eigenvalue weighted by molar-refractivity contribution is 7.80. The largest absolute Gasteiger partial charge is 0.573 e. The number of amides is 2. The first-order valence-corrected chi connectivity index (χ1v) is 12.1. The molecule has 2 amide bonds. The van der Waals surface area contributed by atoms with Crippen LogP contribution in [0.4, 0.5) is 24.5 Å². The van der Waals surface area contributed by atoms with E-state index >= 15 is 0 Å². The monoisotopic (exact) mass is 559 g/mol. The Kier molecular flexibility index (Phi) is 8.24. The van der Waals surface area contributed by atoms with Gasteiger partial charge in [0.05, 0.1) is 26.3 Å². The predicted octanol–water partition coefficient (Wildman–Crippen LogP) is 5.13. The molecule has 3 aromatic rings. The molecule has 1 heterocycles. The standard InChI is InChI=1S/C27H24F3N3O5S/c1-36-20-11-5-18(6-12-20)31-24(34)15-23-25(35)33(19-7-13-21(37-2)14-8-19)26(39)32(23)16-17-3-9-22(10-4-17)38-27(28,29)30/h3-14,23H,15-16H2,1-2H3,(H,31,34). The third-order valence-corrected chi connectivity index (χ3v) is 6.33. The quantitative estimate of drug-likeness (QED) is 0.364. The first-order valence-electron chi connectivity index (χ1n) is 11.6. The molecular weight excluding hydrogens is 535 g/mol. The lowest BCUT2D eigenvalue weighted by molar-refractivity contribution is -0.274. The minimum Gasteiger partial charge on any atom is -0.497 e. The van der Waals surface area contributed by atoms with Crippen LogP contribution in [0.25, 0.3) is 0 Å². The van der Waals surface area contributed by atoms with Crippen LogP contribution in [-0.4, -0.2) is 48.5 Å². The molecule has 8 nitrogen and oxygen atoms in total. The molecule has 39 heavy (non-hydrogen) atoms. The van der Waals surface area contributed by atoms with Crippen LogP contribution in [0.15, 0.2) is 72.8 Å². The van der Waals surface area contributed by atoms with Gasteiger partial charge in [-0.2, -0.15) is 0 Å². The summed E-state index contributed by atoms with van der Waals surface area (Å²) in [6, 6.07) is 17.7. The number of anilines is 2. The second kappa shape index (κ2) is 11.6. The van der Waals surface area contributed by atoms with Crippen LogP contribution in [0.2, 0.25) is 0 Å². The Hall–Kier alpha value is -4.32. The maximum atomic E-state index is 13.6. The van der Waals surface area contributed by atoms with E-state index in [1.54, 1.807) is 53.4 Å². The summed E-state index contributed by atoms with van der Waals surface area (Å²) in [5.41, 5.74) is 1.58. The summed E-state index contributed by atoms with van der Waals surface area (Å²) < 4.78 is 51.9. The van der Waals surface area contributed by atoms with E-state index < -0.39 is 24.2 Å². The summed E-state index contributed by atoms with van der Waals surface area (Å²) in [7, 11) is 3.05. The summed E-state index contributed by atoms with van der Waals surface area (Å²) in [5.74, 6) is 0.00698. The second-order valence-corrected chi connectivity index (χ2v) is 8.84. The minimum absolute atomic E-state index is 0.0734. The third kappa shape index (κ3) is 6.77. The summed E-state index contributed by atoms with van der Waals surface area (Å²) in [5, 5.41) is 2.92. The van der Waals surface area contributed by atoms with Gasteiger partial charge < -0.3 is 24.4 Å². The van der Waals surface area contributed by atoms with Crippen molar-refractivity contribution >= 4 is 40.5 Å². The molecule has 1 N–H and O–H groups in total. The molecule has 0 aromatic heterocycles. The molecule has 0 saturated carbocycles. The Morgan fingerprint density at radius 1 is 0.897 bits per heavy atom. The zero-order valence-electron chi connectivity index (χ0n) is 20.9. The minimum atomic E-state index is -4.81. The summed E-state index contributed by atoms with van der Waals surface area (Å²) >= 11 is 5.65. The van der Waals surface area contributed by atoms with Gasteiger partial charge in [-0.25, -0.2) is 0 Å². The molecule has 1 unspecified atom stereocenters. The maximum absolute atomic E-state index is 13.6. The molecule has 3 aromatic carbocycles. The van der Waals surface area contributed by atoms with Gasteiger partial charge in [0.25, 0.3) is 5.91 Å². The average molecular weight is 560 g/mol. The number of carbonyl (C=O) groups excluding carboxylic acids is 2. The van der Waals surface area contributed by atoms with E-state index in [2.05, 4.69) is 10.1 Å². The Labute approximate surface area is 227 Å². The van der Waals surface area contributed by atoms with Crippen molar-refractivity contribution in [2.45, 2.75) is 25.4 Å². The van der Waals surface area contributed by atoms with Gasteiger partial charge in [0, 0.05) is 12.2 Å². The van der Waals surface area contributed by atoms with E-state index in [0.29, 0.717) is 28.4 Å². The van der Waals surface area contributed by atoms with Crippen LogP contribution in [0.1, 0.15) is 12.0 Å². The Morgan fingerprint density at radius 2 is 1.44 bits per heavy atom. The van der Waals surface area contributed by atoms with E-state index in [-0.39, 0.29) is 23.8 Å². The lowest BCUT2D eigenvalue weighted by atomic mass is 10.1. The summed E-state index contributed by atoms with van der Waals surface area (Å²) in [6.45, 7) is 0.0734. The SMILES string of the molecule is COc1ccc(NC(=O)CC2C(=O)N(c3ccc(OC)cc3)C(=S)N2Cc2ccc(OC(F)(F)F)cc2)cc1. The van der Waals surface area contributed by atoms with Crippen LogP contribution >= 0.6 is 12.2 Å². The first-order chi connectivity index (χ1) is 18.6. The van der Waals surface area contributed by atoms with Gasteiger partial charge in [-0.3, -0.25) is 14.5 Å². The van der Waals surface area contributed by atoms with Gasteiger partial charge in [0.15, 0.2) is 5.11 Å².